The highest BCUT2D eigenvalue weighted by Crippen LogP contribution is 2.31. The Morgan fingerprint density at radius 2 is 1.62 bits per heavy atom. The molecule has 0 radical (unpaired) electrons. The van der Waals surface area contributed by atoms with Crippen LogP contribution >= 0.6 is 23.2 Å². The number of benzene rings is 1. The highest BCUT2D eigenvalue weighted by Gasteiger charge is 2.10. The van der Waals surface area contributed by atoms with E-state index in [0.717, 1.165) is 19.1 Å². The quantitative estimate of drug-likeness (QED) is 0.350. The Morgan fingerprint density at radius 3 is 2.24 bits per heavy atom. The monoisotopic (exact) mass is 330 g/mol. The summed E-state index contributed by atoms with van der Waals surface area (Å²) in [6, 6.07) is 3.17. The SMILES string of the molecule is CCCCCCCCCCOc1c(Cl)cc(Cl)cc1C=O. The van der Waals surface area contributed by atoms with E-state index < -0.39 is 0 Å². The van der Waals surface area contributed by atoms with E-state index in [9.17, 15) is 4.79 Å². The van der Waals surface area contributed by atoms with Gasteiger partial charge in [-0.15, -0.1) is 0 Å². The molecule has 0 bridgehead atoms. The number of aldehydes is 1. The normalized spacial score (nSPS) is 10.6. The van der Waals surface area contributed by atoms with Gasteiger partial charge >= 0.3 is 0 Å². The maximum atomic E-state index is 11.0. The van der Waals surface area contributed by atoms with Gasteiger partial charge in [0.2, 0.25) is 0 Å². The number of carbonyl (C=O) groups excluding carboxylic acids is 1. The third-order valence-corrected chi connectivity index (χ3v) is 3.91. The summed E-state index contributed by atoms with van der Waals surface area (Å²) in [5.74, 6) is 0.444. The molecule has 0 saturated carbocycles. The Balaban J connectivity index is 2.23. The molecule has 0 heterocycles. The Hall–Kier alpha value is -0.730. The number of ether oxygens (including phenoxy) is 1. The lowest BCUT2D eigenvalue weighted by Crippen LogP contribution is -2.01. The van der Waals surface area contributed by atoms with E-state index in [0.29, 0.717) is 28.0 Å². The van der Waals surface area contributed by atoms with Crippen LogP contribution in [0.3, 0.4) is 0 Å². The van der Waals surface area contributed by atoms with Crippen LogP contribution in [0.15, 0.2) is 12.1 Å². The van der Waals surface area contributed by atoms with Crippen molar-refractivity contribution in [2.45, 2.75) is 58.3 Å². The van der Waals surface area contributed by atoms with Gasteiger partial charge in [0.1, 0.15) is 5.75 Å². The van der Waals surface area contributed by atoms with E-state index in [-0.39, 0.29) is 0 Å². The van der Waals surface area contributed by atoms with E-state index in [1.165, 1.54) is 38.5 Å². The van der Waals surface area contributed by atoms with Crippen LogP contribution in [-0.4, -0.2) is 12.9 Å². The van der Waals surface area contributed by atoms with Gasteiger partial charge in [-0.25, -0.2) is 0 Å². The molecule has 4 heteroatoms. The summed E-state index contributed by atoms with van der Waals surface area (Å²) in [4.78, 5) is 11.0. The van der Waals surface area contributed by atoms with Crippen molar-refractivity contribution in [3.05, 3.63) is 27.7 Å². The van der Waals surface area contributed by atoms with Crippen molar-refractivity contribution in [1.82, 2.24) is 0 Å². The van der Waals surface area contributed by atoms with Crippen molar-refractivity contribution in [3.8, 4) is 5.75 Å². The van der Waals surface area contributed by atoms with Gasteiger partial charge in [0.15, 0.2) is 6.29 Å². The summed E-state index contributed by atoms with van der Waals surface area (Å²) in [6.07, 6.45) is 10.7. The van der Waals surface area contributed by atoms with Gasteiger partial charge in [-0.3, -0.25) is 4.79 Å². The molecule has 0 aromatic heterocycles. The number of carbonyl (C=O) groups is 1. The second-order valence-corrected chi connectivity index (χ2v) is 6.09. The molecule has 0 saturated heterocycles. The van der Waals surface area contributed by atoms with Crippen LogP contribution in [0.4, 0.5) is 0 Å². The number of halogens is 2. The van der Waals surface area contributed by atoms with Crippen LogP contribution in [0.1, 0.15) is 68.6 Å². The van der Waals surface area contributed by atoms with Crippen LogP contribution in [0.2, 0.25) is 10.0 Å². The molecule has 1 aromatic rings. The van der Waals surface area contributed by atoms with Crippen molar-refractivity contribution >= 4 is 29.5 Å². The predicted molar refractivity (Wildman–Crippen MR) is 90.0 cm³/mol. The molecule has 0 fully saturated rings. The average molecular weight is 331 g/mol. The summed E-state index contributed by atoms with van der Waals surface area (Å²) in [6.45, 7) is 2.81. The van der Waals surface area contributed by atoms with Gasteiger partial charge < -0.3 is 4.74 Å². The summed E-state index contributed by atoms with van der Waals surface area (Å²) < 4.78 is 5.64. The molecular formula is C17H24Cl2O2. The Kier molecular flexibility index (Phi) is 9.53. The fourth-order valence-electron chi connectivity index (χ4n) is 2.23. The highest BCUT2D eigenvalue weighted by atomic mass is 35.5. The largest absolute Gasteiger partial charge is 0.491 e. The fourth-order valence-corrected chi connectivity index (χ4v) is 2.79. The lowest BCUT2D eigenvalue weighted by molar-refractivity contribution is 0.111. The van der Waals surface area contributed by atoms with Gasteiger partial charge in [0.05, 0.1) is 17.2 Å². The maximum Gasteiger partial charge on any atom is 0.153 e. The number of unbranched alkanes of at least 4 members (excludes halogenated alkanes) is 7. The predicted octanol–water partition coefficient (Wildman–Crippen LogP) is 6.33. The molecule has 1 rings (SSSR count). The second kappa shape index (κ2) is 10.9. The molecule has 0 aliphatic heterocycles. The van der Waals surface area contributed by atoms with E-state index in [4.69, 9.17) is 27.9 Å². The lowest BCUT2D eigenvalue weighted by Gasteiger charge is -2.10. The van der Waals surface area contributed by atoms with Crippen molar-refractivity contribution in [2.75, 3.05) is 6.61 Å². The van der Waals surface area contributed by atoms with Gasteiger partial charge in [-0.1, -0.05) is 75.1 Å². The first-order valence-corrected chi connectivity index (χ1v) is 8.51. The smallest absolute Gasteiger partial charge is 0.153 e. The van der Waals surface area contributed by atoms with Crippen LogP contribution in [-0.2, 0) is 0 Å². The van der Waals surface area contributed by atoms with Crippen LogP contribution in [0, 0.1) is 0 Å². The fraction of sp³-hybridized carbons (Fsp3) is 0.588. The minimum Gasteiger partial charge on any atom is -0.491 e. The third kappa shape index (κ3) is 7.19. The summed E-state index contributed by atoms with van der Waals surface area (Å²) in [7, 11) is 0. The molecule has 0 unspecified atom stereocenters. The Labute approximate surface area is 137 Å². The van der Waals surface area contributed by atoms with Gasteiger partial charge in [0.25, 0.3) is 0 Å². The summed E-state index contributed by atoms with van der Waals surface area (Å²) in [5, 5.41) is 0.839. The molecule has 0 amide bonds. The lowest BCUT2D eigenvalue weighted by atomic mass is 10.1. The molecule has 2 nitrogen and oxygen atoms in total. The average Bonchev–Trinajstić information content (AvgIpc) is 2.46. The molecule has 118 valence electrons. The first-order chi connectivity index (χ1) is 10.2. The first-order valence-electron chi connectivity index (χ1n) is 7.76. The first kappa shape index (κ1) is 18.3. The minimum absolute atomic E-state index is 0.393. The van der Waals surface area contributed by atoms with Crippen molar-refractivity contribution in [2.24, 2.45) is 0 Å². The maximum absolute atomic E-state index is 11.0. The molecule has 0 aliphatic carbocycles. The molecular weight excluding hydrogens is 307 g/mol. The number of hydrogen-bond donors (Lipinski definition) is 0. The second-order valence-electron chi connectivity index (χ2n) is 5.25. The molecule has 21 heavy (non-hydrogen) atoms. The van der Waals surface area contributed by atoms with Gasteiger partial charge in [-0.05, 0) is 18.6 Å². The van der Waals surface area contributed by atoms with E-state index in [1.807, 2.05) is 0 Å². The molecule has 0 N–H and O–H groups in total. The summed E-state index contributed by atoms with van der Waals surface area (Å²) in [5.41, 5.74) is 0.409. The minimum atomic E-state index is 0.393. The van der Waals surface area contributed by atoms with Gasteiger partial charge in [0, 0.05) is 5.02 Å². The zero-order valence-corrected chi connectivity index (χ0v) is 14.2. The van der Waals surface area contributed by atoms with E-state index in [1.54, 1.807) is 12.1 Å². The Morgan fingerprint density at radius 1 is 1.00 bits per heavy atom. The third-order valence-electron chi connectivity index (χ3n) is 3.41. The zero-order chi connectivity index (χ0) is 15.5. The number of hydrogen-bond acceptors (Lipinski definition) is 2. The molecule has 0 spiro atoms. The van der Waals surface area contributed by atoms with Crippen LogP contribution in [0.25, 0.3) is 0 Å². The van der Waals surface area contributed by atoms with Gasteiger partial charge in [-0.2, -0.15) is 0 Å². The summed E-state index contributed by atoms with van der Waals surface area (Å²) >= 11 is 11.9. The van der Waals surface area contributed by atoms with Crippen molar-refractivity contribution in [3.63, 3.8) is 0 Å². The van der Waals surface area contributed by atoms with Crippen LogP contribution < -0.4 is 4.74 Å². The molecule has 0 atom stereocenters. The van der Waals surface area contributed by atoms with E-state index >= 15 is 0 Å². The molecule has 1 aromatic carbocycles. The standard InChI is InChI=1S/C17H24Cl2O2/c1-2-3-4-5-6-7-8-9-10-21-17-14(13-20)11-15(18)12-16(17)19/h11-13H,2-10H2,1H3. The van der Waals surface area contributed by atoms with Crippen LogP contribution in [0.5, 0.6) is 5.75 Å². The van der Waals surface area contributed by atoms with Crippen molar-refractivity contribution in [1.29, 1.82) is 0 Å². The number of rotatable bonds is 11. The van der Waals surface area contributed by atoms with Crippen molar-refractivity contribution < 1.29 is 9.53 Å². The zero-order valence-electron chi connectivity index (χ0n) is 12.7. The molecule has 0 aliphatic rings. The van der Waals surface area contributed by atoms with E-state index in [2.05, 4.69) is 6.92 Å². The highest BCUT2D eigenvalue weighted by molar-refractivity contribution is 6.36. The topological polar surface area (TPSA) is 26.3 Å². The Bertz CT molecular complexity index is 433.